The fraction of sp³-hybridized carbons (Fsp3) is 0.125. The summed E-state index contributed by atoms with van der Waals surface area (Å²) in [6, 6.07) is 4.84. The van der Waals surface area contributed by atoms with E-state index in [9.17, 15) is 4.79 Å². The highest BCUT2D eigenvalue weighted by Gasteiger charge is 2.11. The lowest BCUT2D eigenvalue weighted by atomic mass is 10.1. The van der Waals surface area contributed by atoms with Gasteiger partial charge in [-0.15, -0.1) is 0 Å². The van der Waals surface area contributed by atoms with E-state index in [1.165, 1.54) is 6.07 Å². The van der Waals surface area contributed by atoms with Gasteiger partial charge in [-0.3, -0.25) is 4.79 Å². The second kappa shape index (κ2) is 3.23. The van der Waals surface area contributed by atoms with E-state index in [-0.39, 0.29) is 11.3 Å². The van der Waals surface area contributed by atoms with Gasteiger partial charge in [0, 0.05) is 0 Å². The molecule has 0 aromatic heterocycles. The van der Waals surface area contributed by atoms with E-state index >= 15 is 0 Å². The Hall–Kier alpha value is -1.55. The average Bonchev–Trinajstić information content (AvgIpc) is 2.03. The van der Waals surface area contributed by atoms with Crippen LogP contribution in [0.3, 0.4) is 0 Å². The van der Waals surface area contributed by atoms with E-state index in [2.05, 4.69) is 4.89 Å². The molecule has 1 amide bonds. The first-order valence-electron chi connectivity index (χ1n) is 3.37. The van der Waals surface area contributed by atoms with Gasteiger partial charge in [-0.2, -0.15) is 0 Å². The summed E-state index contributed by atoms with van der Waals surface area (Å²) in [5.74, 6) is -0.528. The lowest BCUT2D eigenvalue weighted by Crippen LogP contribution is -2.14. The molecule has 0 fully saturated rings. The van der Waals surface area contributed by atoms with Crippen molar-refractivity contribution in [3.8, 4) is 5.75 Å². The van der Waals surface area contributed by atoms with Crippen molar-refractivity contribution in [2.75, 3.05) is 0 Å². The number of nitrogens with two attached hydrogens (primary N) is 1. The first-order chi connectivity index (χ1) is 5.66. The van der Waals surface area contributed by atoms with Gasteiger partial charge in [0.1, 0.15) is 0 Å². The fourth-order valence-electron chi connectivity index (χ4n) is 1.03. The Balaban J connectivity index is 3.29. The zero-order chi connectivity index (χ0) is 9.14. The van der Waals surface area contributed by atoms with Crippen LogP contribution in [0.5, 0.6) is 5.75 Å². The highest BCUT2D eigenvalue weighted by molar-refractivity contribution is 5.97. The maximum Gasteiger partial charge on any atom is 0.252 e. The highest BCUT2D eigenvalue weighted by Crippen LogP contribution is 2.20. The predicted octanol–water partition coefficient (Wildman–Crippen LogP) is 0.946. The van der Waals surface area contributed by atoms with E-state index in [0.29, 0.717) is 5.56 Å². The van der Waals surface area contributed by atoms with E-state index in [0.717, 1.165) is 0 Å². The lowest BCUT2D eigenvalue weighted by molar-refractivity contribution is -0.138. The van der Waals surface area contributed by atoms with Crippen molar-refractivity contribution in [1.29, 1.82) is 0 Å². The molecule has 0 aliphatic heterocycles. The van der Waals surface area contributed by atoms with Crippen LogP contribution in [0.25, 0.3) is 0 Å². The van der Waals surface area contributed by atoms with Crippen molar-refractivity contribution in [3.63, 3.8) is 0 Å². The molecular weight excluding hydrogens is 158 g/mol. The number of aryl methyl sites for hydroxylation is 1. The van der Waals surface area contributed by atoms with Crippen molar-refractivity contribution in [1.82, 2.24) is 0 Å². The van der Waals surface area contributed by atoms with E-state index in [1.54, 1.807) is 19.1 Å². The second-order valence-corrected chi connectivity index (χ2v) is 2.40. The number of carbonyl (C=O) groups is 1. The molecule has 0 heterocycles. The third kappa shape index (κ3) is 1.38. The van der Waals surface area contributed by atoms with Crippen molar-refractivity contribution >= 4 is 5.91 Å². The summed E-state index contributed by atoms with van der Waals surface area (Å²) < 4.78 is 0. The zero-order valence-corrected chi connectivity index (χ0v) is 6.57. The molecule has 4 heteroatoms. The molecule has 1 aromatic carbocycles. The number of benzene rings is 1. The number of carbonyl (C=O) groups excluding carboxylic acids is 1. The minimum Gasteiger partial charge on any atom is -0.365 e. The monoisotopic (exact) mass is 167 g/mol. The number of rotatable bonds is 2. The van der Waals surface area contributed by atoms with Gasteiger partial charge in [-0.05, 0) is 18.6 Å². The normalized spacial score (nSPS) is 9.50. The Morgan fingerprint density at radius 1 is 1.58 bits per heavy atom. The summed E-state index contributed by atoms with van der Waals surface area (Å²) in [4.78, 5) is 14.8. The Bertz CT molecular complexity index is 309. The molecule has 0 aliphatic carbocycles. The summed E-state index contributed by atoms with van der Waals surface area (Å²) >= 11 is 0. The average molecular weight is 167 g/mol. The van der Waals surface area contributed by atoms with Crippen LogP contribution in [0, 0.1) is 6.92 Å². The third-order valence-electron chi connectivity index (χ3n) is 1.58. The molecule has 3 N–H and O–H groups in total. The van der Waals surface area contributed by atoms with Gasteiger partial charge in [0.2, 0.25) is 0 Å². The van der Waals surface area contributed by atoms with Gasteiger partial charge in [0.25, 0.3) is 5.91 Å². The summed E-state index contributed by atoms with van der Waals surface area (Å²) in [5, 5.41) is 8.38. The molecule has 0 unspecified atom stereocenters. The van der Waals surface area contributed by atoms with E-state index < -0.39 is 5.91 Å². The maximum absolute atomic E-state index is 10.8. The smallest absolute Gasteiger partial charge is 0.252 e. The zero-order valence-electron chi connectivity index (χ0n) is 6.57. The SMILES string of the molecule is Cc1cccc(OO)c1C(N)=O. The Morgan fingerprint density at radius 2 is 2.25 bits per heavy atom. The predicted molar refractivity (Wildman–Crippen MR) is 43.0 cm³/mol. The topological polar surface area (TPSA) is 72.6 Å². The Kier molecular flexibility index (Phi) is 2.30. The summed E-state index contributed by atoms with van der Waals surface area (Å²) in [6.07, 6.45) is 0. The van der Waals surface area contributed by atoms with Gasteiger partial charge < -0.3 is 10.6 Å². The van der Waals surface area contributed by atoms with E-state index in [1.807, 2.05) is 0 Å². The van der Waals surface area contributed by atoms with Crippen LogP contribution in [0.4, 0.5) is 0 Å². The number of amides is 1. The molecule has 0 aliphatic rings. The van der Waals surface area contributed by atoms with Crippen LogP contribution in [0.2, 0.25) is 0 Å². The van der Waals surface area contributed by atoms with Gasteiger partial charge in [0.15, 0.2) is 5.75 Å². The number of hydrogen-bond donors (Lipinski definition) is 2. The Morgan fingerprint density at radius 3 is 2.67 bits per heavy atom. The first-order valence-corrected chi connectivity index (χ1v) is 3.37. The standard InChI is InChI=1S/C8H9NO3/c1-5-3-2-4-6(12-11)7(5)8(9)10/h2-4,11H,1H3,(H2,9,10). The Labute approximate surface area is 69.5 Å². The molecule has 0 bridgehead atoms. The molecule has 0 saturated heterocycles. The van der Waals surface area contributed by atoms with Crippen LogP contribution in [0.1, 0.15) is 15.9 Å². The fourth-order valence-corrected chi connectivity index (χ4v) is 1.03. The highest BCUT2D eigenvalue weighted by atomic mass is 17.1. The maximum atomic E-state index is 10.8. The molecule has 0 saturated carbocycles. The summed E-state index contributed by atoms with van der Waals surface area (Å²) in [7, 11) is 0. The molecular formula is C8H9NO3. The van der Waals surface area contributed by atoms with Crippen molar-refractivity contribution in [2.24, 2.45) is 5.73 Å². The second-order valence-electron chi connectivity index (χ2n) is 2.40. The van der Waals surface area contributed by atoms with Crippen LogP contribution < -0.4 is 10.6 Å². The molecule has 12 heavy (non-hydrogen) atoms. The molecule has 0 spiro atoms. The summed E-state index contributed by atoms with van der Waals surface area (Å²) in [5.41, 5.74) is 5.94. The largest absolute Gasteiger partial charge is 0.365 e. The van der Waals surface area contributed by atoms with Gasteiger partial charge >= 0.3 is 0 Å². The molecule has 1 aromatic rings. The van der Waals surface area contributed by atoms with Crippen LogP contribution in [-0.4, -0.2) is 11.2 Å². The van der Waals surface area contributed by atoms with Gasteiger partial charge in [0.05, 0.1) is 5.56 Å². The molecule has 4 nitrogen and oxygen atoms in total. The van der Waals surface area contributed by atoms with E-state index in [4.69, 9.17) is 11.0 Å². The van der Waals surface area contributed by atoms with Crippen molar-refractivity contribution in [3.05, 3.63) is 29.3 Å². The quantitative estimate of drug-likeness (QED) is 0.508. The summed E-state index contributed by atoms with van der Waals surface area (Å²) in [6.45, 7) is 1.71. The molecule has 0 radical (unpaired) electrons. The minimum atomic E-state index is -0.614. The van der Waals surface area contributed by atoms with Crippen molar-refractivity contribution < 1.29 is 14.9 Å². The van der Waals surface area contributed by atoms with Crippen LogP contribution in [0.15, 0.2) is 18.2 Å². The number of primary amides is 1. The molecule has 1 rings (SSSR count). The first kappa shape index (κ1) is 8.55. The number of hydrogen-bond acceptors (Lipinski definition) is 3. The van der Waals surface area contributed by atoms with Crippen LogP contribution in [-0.2, 0) is 0 Å². The third-order valence-corrected chi connectivity index (χ3v) is 1.58. The van der Waals surface area contributed by atoms with Crippen molar-refractivity contribution in [2.45, 2.75) is 6.92 Å². The molecule has 64 valence electrons. The lowest BCUT2D eigenvalue weighted by Gasteiger charge is -2.04. The molecule has 0 atom stereocenters. The van der Waals surface area contributed by atoms with Gasteiger partial charge in [-0.1, -0.05) is 12.1 Å². The van der Waals surface area contributed by atoms with Crippen LogP contribution >= 0.6 is 0 Å². The van der Waals surface area contributed by atoms with Gasteiger partial charge in [-0.25, -0.2) is 5.26 Å². The minimum absolute atomic E-state index is 0.0856.